The summed E-state index contributed by atoms with van der Waals surface area (Å²) in [6, 6.07) is 22.3. The molecule has 0 aliphatic heterocycles. The van der Waals surface area contributed by atoms with Gasteiger partial charge in [-0.15, -0.1) is 0 Å². The molecular weight excluding hydrogens is 366 g/mol. The molecule has 0 spiro atoms. The first kappa shape index (κ1) is 18.2. The van der Waals surface area contributed by atoms with Crippen molar-refractivity contribution in [1.82, 2.24) is 14.8 Å². The number of amides is 2. The van der Waals surface area contributed by atoms with E-state index in [1.807, 2.05) is 60.7 Å². The summed E-state index contributed by atoms with van der Waals surface area (Å²) in [6.07, 6.45) is 4.99. The van der Waals surface area contributed by atoms with Gasteiger partial charge >= 0.3 is 6.03 Å². The van der Waals surface area contributed by atoms with Crippen molar-refractivity contribution in [3.8, 4) is 11.6 Å². The number of nitrogens with zero attached hydrogens (tertiary/aromatic N) is 3. The van der Waals surface area contributed by atoms with E-state index in [0.717, 1.165) is 5.56 Å². The van der Waals surface area contributed by atoms with Crippen molar-refractivity contribution in [2.45, 2.75) is 6.54 Å². The van der Waals surface area contributed by atoms with Crippen LogP contribution in [0.1, 0.15) is 5.56 Å². The fourth-order valence-corrected chi connectivity index (χ4v) is 2.74. The number of hydrogen-bond donors (Lipinski definition) is 2. The van der Waals surface area contributed by atoms with Crippen molar-refractivity contribution < 1.29 is 9.53 Å². The first-order chi connectivity index (χ1) is 14.3. The van der Waals surface area contributed by atoms with Crippen LogP contribution in [-0.4, -0.2) is 20.8 Å². The second-order valence-electron chi connectivity index (χ2n) is 6.26. The average Bonchev–Trinajstić information content (AvgIpc) is 3.17. The highest BCUT2D eigenvalue weighted by Crippen LogP contribution is 2.26. The number of anilines is 2. The zero-order valence-electron chi connectivity index (χ0n) is 15.5. The largest absolute Gasteiger partial charge is 0.437 e. The molecule has 2 amide bonds. The Bertz CT molecular complexity index is 1080. The van der Waals surface area contributed by atoms with E-state index in [2.05, 4.69) is 20.7 Å². The van der Waals surface area contributed by atoms with E-state index in [1.54, 1.807) is 35.4 Å². The van der Waals surface area contributed by atoms with Gasteiger partial charge in [0.15, 0.2) is 0 Å². The molecule has 2 aromatic heterocycles. The molecule has 2 N–H and O–H groups in total. The second-order valence-corrected chi connectivity index (χ2v) is 6.26. The lowest BCUT2D eigenvalue weighted by molar-refractivity contribution is 0.262. The van der Waals surface area contributed by atoms with E-state index >= 15 is 0 Å². The lowest BCUT2D eigenvalue weighted by atomic mass is 10.2. The number of carbonyl (C=O) groups excluding carboxylic acids is 1. The van der Waals surface area contributed by atoms with E-state index in [-0.39, 0.29) is 0 Å². The molecule has 29 heavy (non-hydrogen) atoms. The number of nitrogens with one attached hydrogen (secondary N) is 2. The third-order valence-corrected chi connectivity index (χ3v) is 4.06. The maximum Gasteiger partial charge on any atom is 0.323 e. The van der Waals surface area contributed by atoms with Crippen molar-refractivity contribution in [3.63, 3.8) is 0 Å². The summed E-state index contributed by atoms with van der Waals surface area (Å²) in [7, 11) is 0. The molecule has 0 fully saturated rings. The Balaban J connectivity index is 1.39. The van der Waals surface area contributed by atoms with Gasteiger partial charge in [-0.25, -0.2) is 9.78 Å². The standard InChI is InChI=1S/C22H19N5O2/c28-22(25-18-14-24-27(16-18)15-17-8-3-1-4-9-17)26-20-12-7-13-23-21(20)29-19-10-5-2-6-11-19/h1-14,16H,15H2,(H2,25,26,28). The molecule has 0 saturated heterocycles. The molecule has 0 atom stereocenters. The first-order valence-electron chi connectivity index (χ1n) is 9.08. The van der Waals surface area contributed by atoms with Crippen molar-refractivity contribution in [2.75, 3.05) is 10.6 Å². The smallest absolute Gasteiger partial charge is 0.323 e. The first-order valence-corrected chi connectivity index (χ1v) is 9.08. The topological polar surface area (TPSA) is 81.1 Å². The van der Waals surface area contributed by atoms with Crippen molar-refractivity contribution >= 4 is 17.4 Å². The quantitative estimate of drug-likeness (QED) is 0.501. The number of hydrogen-bond acceptors (Lipinski definition) is 4. The van der Waals surface area contributed by atoms with Crippen LogP contribution in [0.3, 0.4) is 0 Å². The highest BCUT2D eigenvalue weighted by Gasteiger charge is 2.11. The van der Waals surface area contributed by atoms with Gasteiger partial charge in [0.25, 0.3) is 0 Å². The summed E-state index contributed by atoms with van der Waals surface area (Å²) >= 11 is 0. The number of urea groups is 1. The van der Waals surface area contributed by atoms with Crippen LogP contribution in [0.5, 0.6) is 11.6 Å². The van der Waals surface area contributed by atoms with Crippen LogP contribution >= 0.6 is 0 Å². The van der Waals surface area contributed by atoms with Crippen LogP contribution < -0.4 is 15.4 Å². The third-order valence-electron chi connectivity index (χ3n) is 4.06. The van der Waals surface area contributed by atoms with Gasteiger partial charge in [-0.3, -0.25) is 4.68 Å². The molecular formula is C22H19N5O2. The Kier molecular flexibility index (Phi) is 5.48. The van der Waals surface area contributed by atoms with E-state index in [0.29, 0.717) is 29.5 Å². The van der Waals surface area contributed by atoms with Crippen LogP contribution in [0.25, 0.3) is 0 Å². The molecule has 0 aliphatic rings. The molecule has 0 aliphatic carbocycles. The normalized spacial score (nSPS) is 10.3. The number of rotatable bonds is 6. The number of aromatic nitrogens is 3. The number of ether oxygens (including phenoxy) is 1. The minimum Gasteiger partial charge on any atom is -0.437 e. The molecule has 0 radical (unpaired) electrons. The molecule has 2 aromatic carbocycles. The molecule has 0 unspecified atom stereocenters. The number of carbonyl (C=O) groups is 1. The summed E-state index contributed by atoms with van der Waals surface area (Å²) in [6.45, 7) is 0.627. The SMILES string of the molecule is O=C(Nc1cnn(Cc2ccccc2)c1)Nc1cccnc1Oc1ccccc1. The average molecular weight is 385 g/mol. The number of para-hydroxylation sites is 1. The molecule has 144 valence electrons. The summed E-state index contributed by atoms with van der Waals surface area (Å²) < 4.78 is 7.52. The highest BCUT2D eigenvalue weighted by molar-refractivity contribution is 6.00. The van der Waals surface area contributed by atoms with E-state index in [4.69, 9.17) is 4.74 Å². The fourth-order valence-electron chi connectivity index (χ4n) is 2.74. The van der Waals surface area contributed by atoms with Crippen LogP contribution in [0.2, 0.25) is 0 Å². The summed E-state index contributed by atoms with van der Waals surface area (Å²) in [5.41, 5.74) is 2.18. The third kappa shape index (κ3) is 4.98. The predicted octanol–water partition coefficient (Wildman–Crippen LogP) is 4.76. The number of pyridine rings is 1. The zero-order valence-corrected chi connectivity index (χ0v) is 15.5. The molecule has 7 heteroatoms. The van der Waals surface area contributed by atoms with Gasteiger partial charge in [-0.05, 0) is 29.8 Å². The molecule has 0 saturated carbocycles. The van der Waals surface area contributed by atoms with Crippen molar-refractivity contribution in [2.24, 2.45) is 0 Å². The Morgan fingerprint density at radius 1 is 0.931 bits per heavy atom. The maximum absolute atomic E-state index is 12.4. The van der Waals surface area contributed by atoms with Crippen molar-refractivity contribution in [3.05, 3.63) is 97.0 Å². The Morgan fingerprint density at radius 2 is 1.69 bits per heavy atom. The Morgan fingerprint density at radius 3 is 2.48 bits per heavy atom. The van der Waals surface area contributed by atoms with Gasteiger partial charge in [0.1, 0.15) is 11.4 Å². The fraction of sp³-hybridized carbons (Fsp3) is 0.0455. The Labute approximate surface area is 168 Å². The predicted molar refractivity (Wildman–Crippen MR) is 111 cm³/mol. The van der Waals surface area contributed by atoms with Gasteiger partial charge in [-0.1, -0.05) is 48.5 Å². The molecule has 4 aromatic rings. The lowest BCUT2D eigenvalue weighted by Gasteiger charge is -2.11. The van der Waals surface area contributed by atoms with E-state index < -0.39 is 6.03 Å². The summed E-state index contributed by atoms with van der Waals surface area (Å²) in [5, 5.41) is 9.82. The second kappa shape index (κ2) is 8.71. The molecule has 4 rings (SSSR count). The maximum atomic E-state index is 12.4. The van der Waals surface area contributed by atoms with Gasteiger partial charge in [-0.2, -0.15) is 5.10 Å². The van der Waals surface area contributed by atoms with Gasteiger partial charge in [0.05, 0.1) is 18.4 Å². The van der Waals surface area contributed by atoms with Crippen molar-refractivity contribution in [1.29, 1.82) is 0 Å². The molecule has 2 heterocycles. The van der Waals surface area contributed by atoms with E-state index in [9.17, 15) is 4.79 Å². The van der Waals surface area contributed by atoms with Crippen LogP contribution in [0.15, 0.2) is 91.4 Å². The highest BCUT2D eigenvalue weighted by atomic mass is 16.5. The minimum absolute atomic E-state index is 0.314. The van der Waals surface area contributed by atoms with Gasteiger partial charge < -0.3 is 15.4 Å². The number of benzene rings is 2. The molecule has 7 nitrogen and oxygen atoms in total. The zero-order chi connectivity index (χ0) is 19.9. The van der Waals surface area contributed by atoms with Gasteiger partial charge in [0.2, 0.25) is 5.88 Å². The van der Waals surface area contributed by atoms with Gasteiger partial charge in [0, 0.05) is 12.4 Å². The van der Waals surface area contributed by atoms with Crippen LogP contribution in [-0.2, 0) is 6.54 Å². The van der Waals surface area contributed by atoms with Crippen LogP contribution in [0.4, 0.5) is 16.2 Å². The monoisotopic (exact) mass is 385 g/mol. The summed E-state index contributed by atoms with van der Waals surface area (Å²) in [4.78, 5) is 16.6. The minimum atomic E-state index is -0.407. The lowest BCUT2D eigenvalue weighted by Crippen LogP contribution is -2.19. The van der Waals surface area contributed by atoms with E-state index in [1.165, 1.54) is 0 Å². The molecule has 0 bridgehead atoms. The Hall–Kier alpha value is -4.13. The van der Waals surface area contributed by atoms with Crippen LogP contribution in [0, 0.1) is 0 Å². The summed E-state index contributed by atoms with van der Waals surface area (Å²) in [5.74, 6) is 0.950.